The summed E-state index contributed by atoms with van der Waals surface area (Å²) in [4.78, 5) is 48.6. The Hall–Kier alpha value is -3.04. The van der Waals surface area contributed by atoms with Gasteiger partial charge in [0.1, 0.15) is 0 Å². The van der Waals surface area contributed by atoms with E-state index in [0.717, 1.165) is 0 Å². The molecule has 0 spiro atoms. The van der Waals surface area contributed by atoms with Crippen LogP contribution in [0.25, 0.3) is 0 Å². The molecule has 0 aliphatic carbocycles. The summed E-state index contributed by atoms with van der Waals surface area (Å²) in [6.07, 6.45) is 2.42. The van der Waals surface area contributed by atoms with Crippen molar-refractivity contribution in [3.8, 4) is 0 Å². The molecule has 1 aromatic carbocycles. The second-order valence-electron chi connectivity index (χ2n) is 6.82. The lowest BCUT2D eigenvalue weighted by Crippen LogP contribution is -2.30. The number of hydrogen-bond donors (Lipinski definition) is 2. The molecule has 0 radical (unpaired) electrons. The Kier molecular flexibility index (Phi) is 5.30. The second kappa shape index (κ2) is 7.53. The predicted octanol–water partition coefficient (Wildman–Crippen LogP) is 2.38. The van der Waals surface area contributed by atoms with Gasteiger partial charge in [0.2, 0.25) is 0 Å². The standard InChI is InChI=1S/C18H17ClN4O5/c1-18(2)9-28-23(17(18)27)8-10-3-4-11(7-12(10)19)22-15(24)13-14(16(25)26)21-6-5-20-13/h3-7H,8-9H2,1-2H3,(H,22,24)(H,25,26). The summed E-state index contributed by atoms with van der Waals surface area (Å²) in [7, 11) is 0. The van der Waals surface area contributed by atoms with E-state index in [1.807, 2.05) is 0 Å². The van der Waals surface area contributed by atoms with E-state index in [-0.39, 0.29) is 18.1 Å². The lowest BCUT2D eigenvalue weighted by molar-refractivity contribution is -0.165. The topological polar surface area (TPSA) is 122 Å². The van der Waals surface area contributed by atoms with Crippen molar-refractivity contribution in [3.63, 3.8) is 0 Å². The lowest BCUT2D eigenvalue weighted by Gasteiger charge is -2.17. The Labute approximate surface area is 165 Å². The molecule has 2 heterocycles. The number of anilines is 1. The van der Waals surface area contributed by atoms with E-state index >= 15 is 0 Å². The predicted molar refractivity (Wildman–Crippen MR) is 98.7 cm³/mol. The van der Waals surface area contributed by atoms with Gasteiger partial charge < -0.3 is 10.4 Å². The van der Waals surface area contributed by atoms with E-state index in [4.69, 9.17) is 21.5 Å². The minimum atomic E-state index is -1.36. The number of carbonyl (C=O) groups excluding carboxylic acids is 2. The van der Waals surface area contributed by atoms with Gasteiger partial charge in [-0.1, -0.05) is 17.7 Å². The monoisotopic (exact) mass is 404 g/mol. The molecule has 2 aromatic rings. The molecule has 1 aliphatic rings. The SMILES string of the molecule is CC1(C)CON(Cc2ccc(NC(=O)c3nccnc3C(=O)O)cc2Cl)C1=O. The number of nitrogens with one attached hydrogen (secondary N) is 1. The Morgan fingerprint density at radius 1 is 1.29 bits per heavy atom. The van der Waals surface area contributed by atoms with Crippen LogP contribution in [0.5, 0.6) is 0 Å². The Balaban J connectivity index is 1.74. The van der Waals surface area contributed by atoms with Crippen LogP contribution >= 0.6 is 11.6 Å². The molecule has 28 heavy (non-hydrogen) atoms. The molecule has 1 saturated heterocycles. The largest absolute Gasteiger partial charge is 0.476 e. The van der Waals surface area contributed by atoms with E-state index in [2.05, 4.69) is 15.3 Å². The van der Waals surface area contributed by atoms with E-state index in [9.17, 15) is 14.4 Å². The third kappa shape index (κ3) is 3.95. The summed E-state index contributed by atoms with van der Waals surface area (Å²) < 4.78 is 0. The highest BCUT2D eigenvalue weighted by Crippen LogP contribution is 2.30. The van der Waals surface area contributed by atoms with Crippen molar-refractivity contribution in [2.75, 3.05) is 11.9 Å². The number of carboxylic acids is 1. The molecule has 1 fully saturated rings. The Bertz CT molecular complexity index is 963. The first-order valence-corrected chi connectivity index (χ1v) is 8.66. The first-order valence-electron chi connectivity index (χ1n) is 8.28. The minimum absolute atomic E-state index is 0.134. The van der Waals surface area contributed by atoms with Crippen LogP contribution in [0.2, 0.25) is 5.02 Å². The van der Waals surface area contributed by atoms with Gasteiger partial charge in [0.05, 0.1) is 18.6 Å². The van der Waals surface area contributed by atoms with Crippen LogP contribution in [0.1, 0.15) is 40.4 Å². The van der Waals surface area contributed by atoms with Crippen molar-refractivity contribution in [2.45, 2.75) is 20.4 Å². The van der Waals surface area contributed by atoms with Crippen LogP contribution in [0.15, 0.2) is 30.6 Å². The van der Waals surface area contributed by atoms with Gasteiger partial charge in [0.25, 0.3) is 11.8 Å². The molecular weight excluding hydrogens is 388 g/mol. The molecule has 9 nitrogen and oxygen atoms in total. The van der Waals surface area contributed by atoms with Crippen LogP contribution in [-0.2, 0) is 16.2 Å². The van der Waals surface area contributed by atoms with Crippen molar-refractivity contribution < 1.29 is 24.3 Å². The molecule has 2 amide bonds. The zero-order chi connectivity index (χ0) is 20.5. The third-order valence-corrected chi connectivity index (χ3v) is 4.48. The molecule has 1 aliphatic heterocycles. The highest BCUT2D eigenvalue weighted by atomic mass is 35.5. The molecule has 0 bridgehead atoms. The van der Waals surface area contributed by atoms with Crippen LogP contribution in [0, 0.1) is 5.41 Å². The average molecular weight is 405 g/mol. The number of hydroxylamine groups is 2. The van der Waals surface area contributed by atoms with Crippen molar-refractivity contribution in [3.05, 3.63) is 52.6 Å². The highest BCUT2D eigenvalue weighted by molar-refractivity contribution is 6.31. The molecule has 0 saturated carbocycles. The van der Waals surface area contributed by atoms with Gasteiger partial charge in [-0.2, -0.15) is 0 Å². The van der Waals surface area contributed by atoms with E-state index in [1.165, 1.54) is 23.5 Å². The number of aromatic carboxylic acids is 1. The summed E-state index contributed by atoms with van der Waals surface area (Å²) in [5, 5.41) is 13.2. The van der Waals surface area contributed by atoms with E-state index < -0.39 is 23.0 Å². The first kappa shape index (κ1) is 19.7. The van der Waals surface area contributed by atoms with Crippen LogP contribution in [0.4, 0.5) is 5.69 Å². The Morgan fingerprint density at radius 3 is 2.54 bits per heavy atom. The molecular formula is C18H17ClN4O5. The lowest BCUT2D eigenvalue weighted by atomic mass is 9.95. The number of nitrogens with zero attached hydrogens (tertiary/aromatic N) is 3. The Morgan fingerprint density at radius 2 is 1.96 bits per heavy atom. The van der Waals surface area contributed by atoms with Crippen molar-refractivity contribution in [1.82, 2.24) is 15.0 Å². The summed E-state index contributed by atoms with van der Waals surface area (Å²) in [5.41, 5.74) is -0.367. The molecule has 0 unspecified atom stereocenters. The van der Waals surface area contributed by atoms with Crippen LogP contribution in [-0.4, -0.2) is 44.5 Å². The maximum absolute atomic E-state index is 12.3. The number of carboxylic acid groups (broad SMARTS) is 1. The molecule has 146 valence electrons. The molecule has 2 N–H and O–H groups in total. The van der Waals surface area contributed by atoms with Crippen molar-refractivity contribution in [2.24, 2.45) is 5.41 Å². The number of aromatic nitrogens is 2. The maximum Gasteiger partial charge on any atom is 0.356 e. The van der Waals surface area contributed by atoms with Gasteiger partial charge in [-0.05, 0) is 31.5 Å². The zero-order valence-corrected chi connectivity index (χ0v) is 15.9. The number of benzene rings is 1. The van der Waals surface area contributed by atoms with Gasteiger partial charge in [-0.15, -0.1) is 0 Å². The van der Waals surface area contributed by atoms with Gasteiger partial charge >= 0.3 is 5.97 Å². The summed E-state index contributed by atoms with van der Waals surface area (Å²) >= 11 is 6.27. The van der Waals surface area contributed by atoms with Crippen molar-refractivity contribution in [1.29, 1.82) is 0 Å². The maximum atomic E-state index is 12.3. The fourth-order valence-corrected chi connectivity index (χ4v) is 2.81. The summed E-state index contributed by atoms with van der Waals surface area (Å²) in [6.45, 7) is 4.06. The van der Waals surface area contributed by atoms with Gasteiger partial charge in [0.15, 0.2) is 11.4 Å². The summed E-state index contributed by atoms with van der Waals surface area (Å²) in [5.74, 6) is -2.22. The zero-order valence-electron chi connectivity index (χ0n) is 15.1. The summed E-state index contributed by atoms with van der Waals surface area (Å²) in [6, 6.07) is 4.73. The van der Waals surface area contributed by atoms with Gasteiger partial charge in [-0.3, -0.25) is 14.4 Å². The van der Waals surface area contributed by atoms with Gasteiger partial charge in [-0.25, -0.2) is 19.8 Å². The third-order valence-electron chi connectivity index (χ3n) is 4.13. The number of carbonyl (C=O) groups is 3. The molecule has 3 rings (SSSR count). The van der Waals surface area contributed by atoms with E-state index in [1.54, 1.807) is 26.0 Å². The molecule has 1 aromatic heterocycles. The molecule has 10 heteroatoms. The van der Waals surface area contributed by atoms with E-state index in [0.29, 0.717) is 22.9 Å². The van der Waals surface area contributed by atoms with Crippen LogP contribution in [0.3, 0.4) is 0 Å². The highest BCUT2D eigenvalue weighted by Gasteiger charge is 2.40. The first-order chi connectivity index (χ1) is 13.2. The number of rotatable bonds is 5. The van der Waals surface area contributed by atoms with Crippen LogP contribution < -0.4 is 5.32 Å². The van der Waals surface area contributed by atoms with Gasteiger partial charge in [0, 0.05) is 23.1 Å². The normalized spacial score (nSPS) is 15.5. The minimum Gasteiger partial charge on any atom is -0.476 e. The van der Waals surface area contributed by atoms with Crippen molar-refractivity contribution >= 4 is 35.1 Å². The smallest absolute Gasteiger partial charge is 0.356 e. The fraction of sp³-hybridized carbons (Fsp3) is 0.278. The quantitative estimate of drug-likeness (QED) is 0.784. The molecule has 0 atom stereocenters. The second-order valence-corrected chi connectivity index (χ2v) is 7.23. The average Bonchev–Trinajstić information content (AvgIpc) is 2.90. The number of halogens is 1. The fourth-order valence-electron chi connectivity index (χ4n) is 2.57. The number of hydrogen-bond acceptors (Lipinski definition) is 6. The number of amides is 2.